The average Bonchev–Trinajstić information content (AvgIpc) is 2.65. The Labute approximate surface area is 84.9 Å². The van der Waals surface area contributed by atoms with Crippen LogP contribution in [0.25, 0.3) is 0 Å². The van der Waals surface area contributed by atoms with Crippen LogP contribution in [0.15, 0.2) is 4.52 Å². The van der Waals surface area contributed by atoms with Gasteiger partial charge in [-0.1, -0.05) is 25.4 Å². The molecule has 1 aromatic rings. The van der Waals surface area contributed by atoms with E-state index in [0.29, 0.717) is 12.4 Å². The molecule has 0 aliphatic carbocycles. The SMILES string of the molecule is CCCCc1noc(C(CC)CN)n1. The molecule has 0 saturated heterocycles. The van der Waals surface area contributed by atoms with E-state index in [1.54, 1.807) is 0 Å². The van der Waals surface area contributed by atoms with Crippen molar-refractivity contribution in [2.45, 2.75) is 45.4 Å². The molecule has 0 amide bonds. The summed E-state index contributed by atoms with van der Waals surface area (Å²) >= 11 is 0. The Morgan fingerprint density at radius 2 is 2.21 bits per heavy atom. The van der Waals surface area contributed by atoms with Gasteiger partial charge in [0.2, 0.25) is 5.89 Å². The molecular weight excluding hydrogens is 178 g/mol. The molecule has 0 radical (unpaired) electrons. The van der Waals surface area contributed by atoms with Crippen molar-refractivity contribution in [1.82, 2.24) is 10.1 Å². The average molecular weight is 197 g/mol. The molecule has 0 aliphatic heterocycles. The number of hydrogen-bond donors (Lipinski definition) is 1. The van der Waals surface area contributed by atoms with E-state index in [2.05, 4.69) is 24.0 Å². The first-order valence-corrected chi connectivity index (χ1v) is 5.34. The summed E-state index contributed by atoms with van der Waals surface area (Å²) in [5, 5.41) is 3.93. The summed E-state index contributed by atoms with van der Waals surface area (Å²) in [6.07, 6.45) is 4.11. The fraction of sp³-hybridized carbons (Fsp3) is 0.800. The minimum atomic E-state index is 0.220. The van der Waals surface area contributed by atoms with Crippen LogP contribution in [0.5, 0.6) is 0 Å². The second-order valence-corrected chi connectivity index (χ2v) is 3.49. The molecule has 0 bridgehead atoms. The molecule has 1 heterocycles. The highest BCUT2D eigenvalue weighted by molar-refractivity contribution is 4.94. The third-order valence-electron chi connectivity index (χ3n) is 2.36. The van der Waals surface area contributed by atoms with Crippen molar-refractivity contribution >= 4 is 0 Å². The molecule has 1 rings (SSSR count). The second kappa shape index (κ2) is 5.75. The third kappa shape index (κ3) is 2.80. The second-order valence-electron chi connectivity index (χ2n) is 3.49. The van der Waals surface area contributed by atoms with E-state index < -0.39 is 0 Å². The van der Waals surface area contributed by atoms with Gasteiger partial charge in [0, 0.05) is 13.0 Å². The van der Waals surface area contributed by atoms with E-state index in [1.165, 1.54) is 0 Å². The molecule has 1 unspecified atom stereocenters. The lowest BCUT2D eigenvalue weighted by Crippen LogP contribution is -2.11. The van der Waals surface area contributed by atoms with Gasteiger partial charge in [0.15, 0.2) is 5.82 Å². The van der Waals surface area contributed by atoms with Crippen molar-refractivity contribution in [1.29, 1.82) is 0 Å². The van der Waals surface area contributed by atoms with Gasteiger partial charge in [0.1, 0.15) is 0 Å². The van der Waals surface area contributed by atoms with Crippen molar-refractivity contribution < 1.29 is 4.52 Å². The van der Waals surface area contributed by atoms with E-state index in [0.717, 1.165) is 31.5 Å². The van der Waals surface area contributed by atoms with Gasteiger partial charge in [-0.15, -0.1) is 0 Å². The molecule has 2 N–H and O–H groups in total. The first-order chi connectivity index (χ1) is 6.81. The summed E-state index contributed by atoms with van der Waals surface area (Å²) in [4.78, 5) is 4.33. The number of nitrogens with zero attached hydrogens (tertiary/aromatic N) is 2. The molecule has 0 fully saturated rings. The predicted octanol–water partition coefficient (Wildman–Crippen LogP) is 1.86. The quantitative estimate of drug-likeness (QED) is 0.756. The smallest absolute Gasteiger partial charge is 0.231 e. The van der Waals surface area contributed by atoms with Crippen LogP contribution in [-0.4, -0.2) is 16.7 Å². The van der Waals surface area contributed by atoms with Gasteiger partial charge >= 0.3 is 0 Å². The molecule has 4 heteroatoms. The van der Waals surface area contributed by atoms with Gasteiger partial charge in [0.25, 0.3) is 0 Å². The highest BCUT2D eigenvalue weighted by Crippen LogP contribution is 2.16. The van der Waals surface area contributed by atoms with Crippen LogP contribution in [0.3, 0.4) is 0 Å². The summed E-state index contributed by atoms with van der Waals surface area (Å²) in [7, 11) is 0. The maximum atomic E-state index is 5.60. The van der Waals surface area contributed by atoms with Gasteiger partial charge in [-0.3, -0.25) is 0 Å². The molecule has 0 spiro atoms. The first kappa shape index (κ1) is 11.2. The van der Waals surface area contributed by atoms with Crippen molar-refractivity contribution in [2.75, 3.05) is 6.54 Å². The Kier molecular flexibility index (Phi) is 4.59. The van der Waals surface area contributed by atoms with E-state index in [4.69, 9.17) is 10.3 Å². The Morgan fingerprint density at radius 1 is 1.43 bits per heavy atom. The van der Waals surface area contributed by atoms with E-state index in [1.807, 2.05) is 0 Å². The summed E-state index contributed by atoms with van der Waals surface area (Å²) in [6, 6.07) is 0. The Hall–Kier alpha value is -0.900. The molecule has 4 nitrogen and oxygen atoms in total. The monoisotopic (exact) mass is 197 g/mol. The zero-order chi connectivity index (χ0) is 10.4. The summed E-state index contributed by atoms with van der Waals surface area (Å²) in [6.45, 7) is 4.80. The summed E-state index contributed by atoms with van der Waals surface area (Å²) in [5.74, 6) is 1.73. The van der Waals surface area contributed by atoms with Gasteiger partial charge < -0.3 is 10.3 Å². The third-order valence-corrected chi connectivity index (χ3v) is 2.36. The summed E-state index contributed by atoms with van der Waals surface area (Å²) in [5.41, 5.74) is 5.60. The van der Waals surface area contributed by atoms with Crippen molar-refractivity contribution in [3.8, 4) is 0 Å². The molecular formula is C10H19N3O. The number of unbranched alkanes of at least 4 members (excludes halogenated alkanes) is 1. The fourth-order valence-corrected chi connectivity index (χ4v) is 1.31. The largest absolute Gasteiger partial charge is 0.339 e. The molecule has 14 heavy (non-hydrogen) atoms. The minimum absolute atomic E-state index is 0.220. The van der Waals surface area contributed by atoms with Crippen molar-refractivity contribution in [3.63, 3.8) is 0 Å². The topological polar surface area (TPSA) is 64.9 Å². The van der Waals surface area contributed by atoms with Gasteiger partial charge in [0.05, 0.1) is 5.92 Å². The Bertz CT molecular complexity index is 256. The van der Waals surface area contributed by atoms with Crippen LogP contribution in [0, 0.1) is 0 Å². The fourth-order valence-electron chi connectivity index (χ4n) is 1.31. The summed E-state index contributed by atoms with van der Waals surface area (Å²) < 4.78 is 5.16. The van der Waals surface area contributed by atoms with Gasteiger partial charge in [-0.2, -0.15) is 4.98 Å². The Balaban J connectivity index is 2.57. The molecule has 80 valence electrons. The van der Waals surface area contributed by atoms with E-state index in [-0.39, 0.29) is 5.92 Å². The van der Waals surface area contributed by atoms with Crippen LogP contribution < -0.4 is 5.73 Å². The number of rotatable bonds is 6. The number of aryl methyl sites for hydroxylation is 1. The van der Waals surface area contributed by atoms with Gasteiger partial charge in [-0.25, -0.2) is 0 Å². The molecule has 0 aromatic carbocycles. The molecule has 0 saturated carbocycles. The number of nitrogens with two attached hydrogens (primary N) is 1. The zero-order valence-electron chi connectivity index (χ0n) is 8.99. The highest BCUT2D eigenvalue weighted by atomic mass is 16.5. The van der Waals surface area contributed by atoms with Crippen molar-refractivity contribution in [2.24, 2.45) is 5.73 Å². The predicted molar refractivity (Wildman–Crippen MR) is 55.0 cm³/mol. The van der Waals surface area contributed by atoms with Crippen LogP contribution in [0.2, 0.25) is 0 Å². The lowest BCUT2D eigenvalue weighted by atomic mass is 10.1. The van der Waals surface area contributed by atoms with Crippen LogP contribution >= 0.6 is 0 Å². The Morgan fingerprint density at radius 3 is 2.79 bits per heavy atom. The van der Waals surface area contributed by atoms with Crippen LogP contribution in [0.4, 0.5) is 0 Å². The highest BCUT2D eigenvalue weighted by Gasteiger charge is 2.14. The zero-order valence-corrected chi connectivity index (χ0v) is 8.99. The lowest BCUT2D eigenvalue weighted by Gasteiger charge is -2.04. The molecule has 1 aromatic heterocycles. The molecule has 1 atom stereocenters. The normalized spacial score (nSPS) is 13.1. The van der Waals surface area contributed by atoms with Crippen LogP contribution in [-0.2, 0) is 6.42 Å². The number of aromatic nitrogens is 2. The van der Waals surface area contributed by atoms with E-state index in [9.17, 15) is 0 Å². The first-order valence-electron chi connectivity index (χ1n) is 5.34. The van der Waals surface area contributed by atoms with Crippen LogP contribution in [0.1, 0.15) is 50.7 Å². The van der Waals surface area contributed by atoms with Crippen molar-refractivity contribution in [3.05, 3.63) is 11.7 Å². The maximum Gasteiger partial charge on any atom is 0.231 e. The number of hydrogen-bond acceptors (Lipinski definition) is 4. The standard InChI is InChI=1S/C10H19N3O/c1-3-5-6-9-12-10(14-13-9)8(4-2)7-11/h8H,3-7,11H2,1-2H3. The maximum absolute atomic E-state index is 5.60. The lowest BCUT2D eigenvalue weighted by molar-refractivity contribution is 0.347. The van der Waals surface area contributed by atoms with E-state index >= 15 is 0 Å². The molecule has 0 aliphatic rings. The minimum Gasteiger partial charge on any atom is -0.339 e. The van der Waals surface area contributed by atoms with Gasteiger partial charge in [-0.05, 0) is 12.8 Å².